The fraction of sp³-hybridized carbons (Fsp3) is 0.640. The Balaban J connectivity index is 1.70. The predicted octanol–water partition coefficient (Wildman–Crippen LogP) is 6.23. The van der Waals surface area contributed by atoms with E-state index in [4.69, 9.17) is 9.84 Å². The first-order chi connectivity index (χ1) is 13.6. The molecule has 0 amide bonds. The van der Waals surface area contributed by atoms with Crippen LogP contribution in [0.4, 0.5) is 0 Å². The lowest BCUT2D eigenvalue weighted by Crippen LogP contribution is -2.31. The van der Waals surface area contributed by atoms with Crippen LogP contribution in [0.25, 0.3) is 0 Å². The highest BCUT2D eigenvalue weighted by atomic mass is 16.5. The minimum absolute atomic E-state index is 0.406. The van der Waals surface area contributed by atoms with Gasteiger partial charge in [-0.15, -0.1) is 0 Å². The van der Waals surface area contributed by atoms with Crippen molar-refractivity contribution in [3.63, 3.8) is 0 Å². The highest BCUT2D eigenvalue weighted by Crippen LogP contribution is 2.35. The fourth-order valence-corrected chi connectivity index (χ4v) is 4.39. The number of ether oxygens (including phenoxy) is 1. The van der Waals surface area contributed by atoms with Gasteiger partial charge in [0.15, 0.2) is 0 Å². The molecule has 0 bridgehead atoms. The monoisotopic (exact) mass is 382 g/mol. The van der Waals surface area contributed by atoms with Crippen molar-refractivity contribution in [2.24, 2.45) is 16.9 Å². The van der Waals surface area contributed by atoms with Crippen LogP contribution in [-0.2, 0) is 11.2 Å². The second-order valence-corrected chi connectivity index (χ2v) is 8.93. The second-order valence-electron chi connectivity index (χ2n) is 8.93. The molecule has 3 heteroatoms. The van der Waals surface area contributed by atoms with Gasteiger partial charge in [-0.1, -0.05) is 51.5 Å². The van der Waals surface area contributed by atoms with E-state index < -0.39 is 0 Å². The minimum Gasteiger partial charge on any atom is -0.378 e. The number of allylic oxidation sites excluding steroid dienone is 2. The summed E-state index contributed by atoms with van der Waals surface area (Å²) in [7, 11) is 0. The van der Waals surface area contributed by atoms with E-state index in [9.17, 15) is 0 Å². The molecule has 1 aliphatic carbocycles. The third-order valence-electron chi connectivity index (χ3n) is 6.06. The van der Waals surface area contributed by atoms with Crippen molar-refractivity contribution in [2.75, 3.05) is 6.61 Å². The lowest BCUT2D eigenvalue weighted by Gasteiger charge is -2.32. The average Bonchev–Trinajstić information content (AvgIpc) is 2.67. The summed E-state index contributed by atoms with van der Waals surface area (Å²) in [4.78, 5) is 0. The summed E-state index contributed by atoms with van der Waals surface area (Å²) < 4.78 is 6.18. The number of nitrogens with zero attached hydrogens (tertiary/aromatic N) is 1. The molecule has 1 aromatic rings. The third kappa shape index (κ3) is 5.47. The summed E-state index contributed by atoms with van der Waals surface area (Å²) in [5.41, 5.74) is 10.0. The van der Waals surface area contributed by atoms with Gasteiger partial charge < -0.3 is 4.74 Å². The number of hydrazone groups is 1. The molecule has 3 nitrogen and oxygen atoms in total. The van der Waals surface area contributed by atoms with Crippen LogP contribution in [0.15, 0.2) is 40.6 Å². The molecule has 2 unspecified atom stereocenters. The number of fused-ring (bicyclic) bond motifs is 1. The van der Waals surface area contributed by atoms with Gasteiger partial charge in [0.05, 0.1) is 11.8 Å². The quantitative estimate of drug-likeness (QED) is 0.606. The predicted molar refractivity (Wildman–Crippen MR) is 119 cm³/mol. The average molecular weight is 383 g/mol. The Bertz CT molecular complexity index is 687. The molecule has 0 aromatic heterocycles. The molecule has 0 radical (unpaired) electrons. The number of nitrogens with one attached hydrogen (secondary N) is 1. The fourth-order valence-electron chi connectivity index (χ4n) is 4.39. The van der Waals surface area contributed by atoms with Gasteiger partial charge in [0.2, 0.25) is 0 Å². The maximum absolute atomic E-state index is 6.18. The molecule has 0 saturated heterocycles. The van der Waals surface area contributed by atoms with Crippen molar-refractivity contribution in [3.05, 3.63) is 46.7 Å². The summed E-state index contributed by atoms with van der Waals surface area (Å²) in [5, 5.41) is 4.79. The van der Waals surface area contributed by atoms with Crippen molar-refractivity contribution in [3.8, 4) is 0 Å². The molecule has 1 N–H and O–H groups in total. The number of benzene rings is 1. The maximum Gasteiger partial charge on any atom is 0.0751 e. The van der Waals surface area contributed by atoms with Crippen LogP contribution in [0.2, 0.25) is 0 Å². The van der Waals surface area contributed by atoms with Crippen molar-refractivity contribution in [1.82, 2.24) is 5.43 Å². The Morgan fingerprint density at radius 1 is 1.14 bits per heavy atom. The largest absolute Gasteiger partial charge is 0.378 e. The van der Waals surface area contributed by atoms with Crippen LogP contribution in [0.1, 0.15) is 83.8 Å². The number of aryl methyl sites for hydroxylation is 1. The Kier molecular flexibility index (Phi) is 7.73. The summed E-state index contributed by atoms with van der Waals surface area (Å²) in [6, 6.07) is 9.13. The number of hydrogen-bond donors (Lipinski definition) is 1. The zero-order chi connectivity index (χ0) is 19.9. The topological polar surface area (TPSA) is 33.6 Å². The number of rotatable bonds is 7. The second kappa shape index (κ2) is 10.2. The SMILES string of the molecule is CCCCc1ccc(C2=NNC(C)=C3CCC(OCC(C)C)CCCC23)cc1. The first-order valence-corrected chi connectivity index (χ1v) is 11.3. The molecule has 28 heavy (non-hydrogen) atoms. The highest BCUT2D eigenvalue weighted by Gasteiger charge is 2.29. The lowest BCUT2D eigenvalue weighted by atomic mass is 9.79. The van der Waals surface area contributed by atoms with E-state index in [-0.39, 0.29) is 0 Å². The molecule has 1 saturated carbocycles. The zero-order valence-corrected chi connectivity index (χ0v) is 18.3. The van der Waals surface area contributed by atoms with Gasteiger partial charge in [-0.3, -0.25) is 5.43 Å². The van der Waals surface area contributed by atoms with Gasteiger partial charge in [0, 0.05) is 18.2 Å². The van der Waals surface area contributed by atoms with Crippen LogP contribution in [0.5, 0.6) is 0 Å². The van der Waals surface area contributed by atoms with E-state index >= 15 is 0 Å². The normalized spacial score (nSPS) is 23.0. The van der Waals surface area contributed by atoms with Crippen molar-refractivity contribution >= 4 is 5.71 Å². The Morgan fingerprint density at radius 2 is 1.93 bits per heavy atom. The lowest BCUT2D eigenvalue weighted by molar-refractivity contribution is 0.0219. The van der Waals surface area contributed by atoms with E-state index in [1.807, 2.05) is 0 Å². The molecule has 1 aliphatic heterocycles. The van der Waals surface area contributed by atoms with E-state index in [1.165, 1.54) is 66.6 Å². The number of hydrogen-bond acceptors (Lipinski definition) is 3. The molecule has 1 fully saturated rings. The minimum atomic E-state index is 0.406. The molecule has 1 heterocycles. The molecular weight excluding hydrogens is 344 g/mol. The summed E-state index contributed by atoms with van der Waals surface area (Å²) in [6.45, 7) is 9.77. The Labute approximate surface area is 171 Å². The molecule has 2 atom stereocenters. The molecule has 2 aliphatic rings. The van der Waals surface area contributed by atoms with Crippen molar-refractivity contribution in [1.29, 1.82) is 0 Å². The first-order valence-electron chi connectivity index (χ1n) is 11.3. The van der Waals surface area contributed by atoms with Crippen molar-refractivity contribution in [2.45, 2.75) is 85.2 Å². The summed E-state index contributed by atoms with van der Waals surface area (Å²) >= 11 is 0. The molecule has 3 rings (SSSR count). The summed E-state index contributed by atoms with van der Waals surface area (Å²) in [6.07, 6.45) is 9.87. The Morgan fingerprint density at radius 3 is 2.64 bits per heavy atom. The van der Waals surface area contributed by atoms with Crippen molar-refractivity contribution < 1.29 is 4.74 Å². The van der Waals surface area contributed by atoms with Gasteiger partial charge in [0.1, 0.15) is 0 Å². The highest BCUT2D eigenvalue weighted by molar-refractivity contribution is 6.04. The maximum atomic E-state index is 6.18. The van der Waals surface area contributed by atoms with E-state index in [0.717, 1.165) is 19.4 Å². The standard InChI is InChI=1S/C25H38N2O/c1-5-6-8-20-11-13-21(14-12-20)25-24-10-7-9-22(28-17-18(2)3)15-16-23(24)19(4)26-27-25/h11-14,18,22,24,26H,5-10,15-17H2,1-4H3. The third-order valence-corrected chi connectivity index (χ3v) is 6.06. The van der Waals surface area contributed by atoms with Crippen LogP contribution < -0.4 is 5.43 Å². The molecule has 1 aromatic carbocycles. The van der Waals surface area contributed by atoms with E-state index in [2.05, 4.69) is 57.4 Å². The van der Waals surface area contributed by atoms with Gasteiger partial charge in [-0.25, -0.2) is 0 Å². The van der Waals surface area contributed by atoms with Gasteiger partial charge >= 0.3 is 0 Å². The van der Waals surface area contributed by atoms with Crippen LogP contribution in [0.3, 0.4) is 0 Å². The number of unbranched alkanes of at least 4 members (excludes halogenated alkanes) is 1. The van der Waals surface area contributed by atoms with Gasteiger partial charge in [-0.05, 0) is 74.5 Å². The summed E-state index contributed by atoms with van der Waals surface area (Å²) in [5.74, 6) is 1.06. The van der Waals surface area contributed by atoms with E-state index in [1.54, 1.807) is 0 Å². The first kappa shape index (κ1) is 21.1. The molecule has 154 valence electrons. The van der Waals surface area contributed by atoms with Crippen LogP contribution in [-0.4, -0.2) is 18.4 Å². The van der Waals surface area contributed by atoms with Gasteiger partial charge in [-0.2, -0.15) is 5.10 Å². The van der Waals surface area contributed by atoms with Gasteiger partial charge in [0.25, 0.3) is 0 Å². The molecular formula is C25H38N2O. The molecule has 0 spiro atoms. The van der Waals surface area contributed by atoms with E-state index in [0.29, 0.717) is 17.9 Å². The van der Waals surface area contributed by atoms with Crippen LogP contribution in [0, 0.1) is 11.8 Å². The Hall–Kier alpha value is -1.61. The van der Waals surface area contributed by atoms with Crippen LogP contribution >= 0.6 is 0 Å². The smallest absolute Gasteiger partial charge is 0.0751 e. The zero-order valence-electron chi connectivity index (χ0n) is 18.3.